The second kappa shape index (κ2) is 4.49. The fraction of sp³-hybridized carbons (Fsp3) is 0.143. The van der Waals surface area contributed by atoms with Crippen molar-refractivity contribution >= 4 is 55.3 Å². The lowest BCUT2D eigenvalue weighted by Crippen LogP contribution is -2.02. The fourth-order valence-corrected chi connectivity index (χ4v) is 3.61. The standard InChI is InChI=1S/C7H6I2O4S/c1-13-6-2-5(9)7(3-4(6)8)14(10,11)12/h2-3H,1H3,(H,10,11,12). The van der Waals surface area contributed by atoms with Crippen LogP contribution in [0.2, 0.25) is 0 Å². The predicted molar refractivity (Wildman–Crippen MR) is 68.2 cm³/mol. The molecule has 0 aliphatic heterocycles. The van der Waals surface area contributed by atoms with Crippen molar-refractivity contribution in [2.75, 3.05) is 7.11 Å². The van der Waals surface area contributed by atoms with Gasteiger partial charge in [-0.1, -0.05) is 0 Å². The van der Waals surface area contributed by atoms with Gasteiger partial charge in [0.05, 0.1) is 10.7 Å². The topological polar surface area (TPSA) is 63.6 Å². The van der Waals surface area contributed by atoms with Crippen LogP contribution in [0.5, 0.6) is 5.75 Å². The smallest absolute Gasteiger partial charge is 0.295 e. The molecule has 0 aliphatic carbocycles. The summed E-state index contributed by atoms with van der Waals surface area (Å²) in [6.45, 7) is 0. The Balaban J connectivity index is 3.44. The molecule has 4 nitrogen and oxygen atoms in total. The van der Waals surface area contributed by atoms with Crippen LogP contribution in [0.15, 0.2) is 17.0 Å². The molecule has 0 spiro atoms. The summed E-state index contributed by atoms with van der Waals surface area (Å²) in [5.41, 5.74) is 0. The van der Waals surface area contributed by atoms with Crippen molar-refractivity contribution in [3.63, 3.8) is 0 Å². The van der Waals surface area contributed by atoms with Gasteiger partial charge in [0.15, 0.2) is 0 Å². The highest BCUT2D eigenvalue weighted by Gasteiger charge is 2.16. The van der Waals surface area contributed by atoms with Crippen LogP contribution in [0, 0.1) is 7.14 Å². The highest BCUT2D eigenvalue weighted by molar-refractivity contribution is 14.1. The first-order valence-electron chi connectivity index (χ1n) is 3.37. The Kier molecular flexibility index (Phi) is 4.00. The SMILES string of the molecule is COc1cc(I)c(S(=O)(=O)O)cc1I. The Labute approximate surface area is 109 Å². The largest absolute Gasteiger partial charge is 0.496 e. The van der Waals surface area contributed by atoms with Gasteiger partial charge in [0.2, 0.25) is 0 Å². The molecular weight excluding hydrogens is 434 g/mol. The van der Waals surface area contributed by atoms with Gasteiger partial charge in [-0.05, 0) is 57.3 Å². The first kappa shape index (κ1) is 12.5. The minimum atomic E-state index is -4.15. The van der Waals surface area contributed by atoms with Gasteiger partial charge in [0, 0.05) is 3.57 Å². The molecule has 0 saturated heterocycles. The molecule has 7 heteroatoms. The molecule has 78 valence electrons. The Hall–Kier alpha value is 0.390. The molecule has 0 heterocycles. The van der Waals surface area contributed by atoms with Gasteiger partial charge in [-0.15, -0.1) is 0 Å². The van der Waals surface area contributed by atoms with Gasteiger partial charge in [-0.25, -0.2) is 0 Å². The summed E-state index contributed by atoms with van der Waals surface area (Å²) in [7, 11) is -2.65. The van der Waals surface area contributed by atoms with E-state index in [1.165, 1.54) is 13.2 Å². The van der Waals surface area contributed by atoms with Crippen LogP contribution in [0.4, 0.5) is 0 Å². The van der Waals surface area contributed by atoms with E-state index in [-0.39, 0.29) is 4.90 Å². The van der Waals surface area contributed by atoms with Crippen LogP contribution in [0.25, 0.3) is 0 Å². The van der Waals surface area contributed by atoms with Crippen molar-refractivity contribution in [2.45, 2.75) is 4.90 Å². The van der Waals surface area contributed by atoms with E-state index in [1.54, 1.807) is 6.07 Å². The first-order valence-corrected chi connectivity index (χ1v) is 6.96. The fourth-order valence-electron chi connectivity index (χ4n) is 0.864. The van der Waals surface area contributed by atoms with Crippen molar-refractivity contribution < 1.29 is 17.7 Å². The van der Waals surface area contributed by atoms with Crippen LogP contribution in [0.3, 0.4) is 0 Å². The monoisotopic (exact) mass is 440 g/mol. The zero-order valence-corrected chi connectivity index (χ0v) is 12.1. The number of methoxy groups -OCH3 is 1. The van der Waals surface area contributed by atoms with E-state index in [0.29, 0.717) is 12.9 Å². The molecule has 0 aliphatic rings. The lowest BCUT2D eigenvalue weighted by atomic mass is 10.3. The normalized spacial score (nSPS) is 11.4. The van der Waals surface area contributed by atoms with Crippen molar-refractivity contribution in [1.29, 1.82) is 0 Å². The Morgan fingerprint density at radius 1 is 1.29 bits per heavy atom. The van der Waals surface area contributed by atoms with Crippen LogP contribution in [-0.4, -0.2) is 20.1 Å². The van der Waals surface area contributed by atoms with Crippen molar-refractivity contribution in [3.8, 4) is 5.75 Å². The van der Waals surface area contributed by atoms with Gasteiger partial charge in [-0.2, -0.15) is 8.42 Å². The highest BCUT2D eigenvalue weighted by Crippen LogP contribution is 2.28. The molecule has 0 aromatic heterocycles. The average molecular weight is 440 g/mol. The zero-order chi connectivity index (χ0) is 10.9. The van der Waals surface area contributed by atoms with Crippen LogP contribution in [-0.2, 0) is 10.1 Å². The summed E-state index contributed by atoms with van der Waals surface area (Å²) in [4.78, 5) is -0.0942. The number of hydrogen-bond acceptors (Lipinski definition) is 3. The molecule has 0 fully saturated rings. The van der Waals surface area contributed by atoms with Gasteiger partial charge >= 0.3 is 0 Å². The van der Waals surface area contributed by atoms with Crippen LogP contribution < -0.4 is 4.74 Å². The Bertz CT molecular complexity index is 455. The Morgan fingerprint density at radius 3 is 2.29 bits per heavy atom. The molecule has 0 saturated carbocycles. The van der Waals surface area contributed by atoms with Crippen LogP contribution in [0.1, 0.15) is 0 Å². The molecule has 0 unspecified atom stereocenters. The van der Waals surface area contributed by atoms with E-state index >= 15 is 0 Å². The average Bonchev–Trinajstić information content (AvgIpc) is 2.06. The van der Waals surface area contributed by atoms with Crippen LogP contribution >= 0.6 is 45.2 Å². The van der Waals surface area contributed by atoms with E-state index in [2.05, 4.69) is 0 Å². The molecule has 0 atom stereocenters. The van der Waals surface area contributed by atoms with Gasteiger partial charge in [0.1, 0.15) is 10.6 Å². The lowest BCUT2D eigenvalue weighted by molar-refractivity contribution is 0.410. The van der Waals surface area contributed by atoms with Gasteiger partial charge in [0.25, 0.3) is 10.1 Å². The summed E-state index contributed by atoms with van der Waals surface area (Å²) >= 11 is 3.77. The number of ether oxygens (including phenoxy) is 1. The summed E-state index contributed by atoms with van der Waals surface area (Å²) in [6.07, 6.45) is 0. The molecule has 1 aromatic carbocycles. The molecule has 0 amide bonds. The number of halogens is 2. The maximum absolute atomic E-state index is 10.9. The highest BCUT2D eigenvalue weighted by atomic mass is 127. The van der Waals surface area contributed by atoms with E-state index in [9.17, 15) is 8.42 Å². The Morgan fingerprint density at radius 2 is 1.86 bits per heavy atom. The van der Waals surface area contributed by atoms with Crippen molar-refractivity contribution in [1.82, 2.24) is 0 Å². The third kappa shape index (κ3) is 2.70. The summed E-state index contributed by atoms with van der Waals surface area (Å²) in [5.74, 6) is 0.586. The maximum Gasteiger partial charge on any atom is 0.295 e. The minimum Gasteiger partial charge on any atom is -0.496 e. The first-order chi connectivity index (χ1) is 6.36. The second-order valence-corrected chi connectivity index (χ2v) is 6.11. The van der Waals surface area contributed by atoms with Crippen molar-refractivity contribution in [2.24, 2.45) is 0 Å². The van der Waals surface area contributed by atoms with Gasteiger partial charge in [-0.3, -0.25) is 4.55 Å². The number of benzene rings is 1. The maximum atomic E-state index is 10.9. The molecule has 0 radical (unpaired) electrons. The third-order valence-corrected chi connectivity index (χ3v) is 4.48. The molecular formula is C7H6I2O4S. The number of hydrogen-bond donors (Lipinski definition) is 1. The van der Waals surface area contributed by atoms with E-state index < -0.39 is 10.1 Å². The van der Waals surface area contributed by atoms with E-state index in [0.717, 1.165) is 0 Å². The summed E-state index contributed by atoms with van der Waals surface area (Å²) < 4.78 is 36.8. The summed E-state index contributed by atoms with van der Waals surface area (Å²) in [5, 5.41) is 0. The molecule has 1 N–H and O–H groups in total. The minimum absolute atomic E-state index is 0.0942. The van der Waals surface area contributed by atoms with E-state index in [4.69, 9.17) is 9.29 Å². The second-order valence-electron chi connectivity index (χ2n) is 2.39. The lowest BCUT2D eigenvalue weighted by Gasteiger charge is -2.06. The molecule has 14 heavy (non-hydrogen) atoms. The zero-order valence-electron chi connectivity index (χ0n) is 6.99. The molecule has 1 rings (SSSR count). The third-order valence-electron chi connectivity index (χ3n) is 1.48. The quantitative estimate of drug-likeness (QED) is 0.566. The molecule has 0 bridgehead atoms. The van der Waals surface area contributed by atoms with Gasteiger partial charge < -0.3 is 4.74 Å². The van der Waals surface area contributed by atoms with Crippen molar-refractivity contribution in [3.05, 3.63) is 19.3 Å². The number of rotatable bonds is 2. The van der Waals surface area contributed by atoms with E-state index in [1.807, 2.05) is 45.2 Å². The summed E-state index contributed by atoms with van der Waals surface area (Å²) in [6, 6.07) is 2.93. The predicted octanol–water partition coefficient (Wildman–Crippen LogP) is 2.15. The molecule has 1 aromatic rings.